The van der Waals surface area contributed by atoms with E-state index >= 15 is 0 Å². The molecular formula is C24H20ClN3O3. The number of hydrogen-bond donors (Lipinski definition) is 1. The number of ether oxygens (including phenoxy) is 1. The SMILES string of the molecule is CCOc1ccc(C(=O)Nc2cc(-n3c(C)nc4ccccc4c3=O)ccc2Cl)cc1. The van der Waals surface area contributed by atoms with Crippen molar-refractivity contribution in [1.29, 1.82) is 0 Å². The Bertz CT molecular complexity index is 1330. The van der Waals surface area contributed by atoms with Crippen LogP contribution in [-0.4, -0.2) is 22.1 Å². The minimum atomic E-state index is -0.317. The summed E-state index contributed by atoms with van der Waals surface area (Å²) in [5.41, 5.74) is 1.88. The molecule has 1 aromatic heterocycles. The number of hydrogen-bond acceptors (Lipinski definition) is 4. The molecule has 0 radical (unpaired) electrons. The van der Waals surface area contributed by atoms with Gasteiger partial charge in [0.1, 0.15) is 11.6 Å². The van der Waals surface area contributed by atoms with Gasteiger partial charge in [-0.3, -0.25) is 14.2 Å². The Hall–Kier alpha value is -3.64. The van der Waals surface area contributed by atoms with Crippen LogP contribution in [0.2, 0.25) is 5.02 Å². The van der Waals surface area contributed by atoms with Crippen molar-refractivity contribution in [2.75, 3.05) is 11.9 Å². The first-order chi connectivity index (χ1) is 15.0. The van der Waals surface area contributed by atoms with E-state index in [1.165, 1.54) is 4.57 Å². The number of nitrogens with one attached hydrogen (secondary N) is 1. The summed E-state index contributed by atoms with van der Waals surface area (Å²) in [4.78, 5) is 30.3. The number of benzene rings is 3. The predicted molar refractivity (Wildman–Crippen MR) is 123 cm³/mol. The van der Waals surface area contributed by atoms with E-state index in [-0.39, 0.29) is 11.5 Å². The lowest BCUT2D eigenvalue weighted by Crippen LogP contribution is -2.22. The molecule has 0 unspecified atom stereocenters. The van der Waals surface area contributed by atoms with Gasteiger partial charge in [0, 0.05) is 5.56 Å². The van der Waals surface area contributed by atoms with Crippen molar-refractivity contribution in [2.24, 2.45) is 0 Å². The Morgan fingerprint density at radius 3 is 2.58 bits per heavy atom. The second-order valence-corrected chi connectivity index (χ2v) is 7.30. The third kappa shape index (κ3) is 4.15. The van der Waals surface area contributed by atoms with Gasteiger partial charge in [0.2, 0.25) is 0 Å². The fourth-order valence-corrected chi connectivity index (χ4v) is 3.52. The summed E-state index contributed by atoms with van der Waals surface area (Å²) in [6, 6.07) is 19.1. The highest BCUT2D eigenvalue weighted by Crippen LogP contribution is 2.26. The first-order valence-electron chi connectivity index (χ1n) is 9.80. The topological polar surface area (TPSA) is 73.2 Å². The third-order valence-electron chi connectivity index (χ3n) is 4.83. The van der Waals surface area contributed by atoms with Crippen LogP contribution in [0, 0.1) is 6.92 Å². The largest absolute Gasteiger partial charge is 0.494 e. The quantitative estimate of drug-likeness (QED) is 0.480. The molecule has 0 aliphatic carbocycles. The van der Waals surface area contributed by atoms with E-state index < -0.39 is 0 Å². The van der Waals surface area contributed by atoms with E-state index in [1.807, 2.05) is 13.0 Å². The van der Waals surface area contributed by atoms with Crippen LogP contribution in [0.25, 0.3) is 16.6 Å². The van der Waals surface area contributed by atoms with Crippen molar-refractivity contribution in [3.05, 3.63) is 93.5 Å². The standard InChI is InChI=1S/C24H20ClN3O3/c1-3-31-18-11-8-16(9-12-18)23(29)27-22-14-17(10-13-20(22)25)28-15(2)26-21-7-5-4-6-19(21)24(28)30/h4-14H,3H2,1-2H3,(H,27,29). The number of carbonyl (C=O) groups is 1. The molecule has 0 bridgehead atoms. The summed E-state index contributed by atoms with van der Waals surface area (Å²) >= 11 is 6.32. The summed E-state index contributed by atoms with van der Waals surface area (Å²) < 4.78 is 6.91. The van der Waals surface area contributed by atoms with Crippen LogP contribution in [0.15, 0.2) is 71.5 Å². The highest BCUT2D eigenvalue weighted by molar-refractivity contribution is 6.34. The lowest BCUT2D eigenvalue weighted by Gasteiger charge is -2.14. The average molecular weight is 434 g/mol. The number of rotatable bonds is 5. The molecule has 31 heavy (non-hydrogen) atoms. The molecule has 0 saturated carbocycles. The van der Waals surface area contributed by atoms with Crippen LogP contribution in [0.4, 0.5) is 5.69 Å². The number of nitrogens with zero attached hydrogens (tertiary/aromatic N) is 2. The lowest BCUT2D eigenvalue weighted by molar-refractivity contribution is 0.102. The van der Waals surface area contributed by atoms with Crippen LogP contribution < -0.4 is 15.6 Å². The first-order valence-corrected chi connectivity index (χ1v) is 10.2. The molecule has 7 heteroatoms. The molecule has 6 nitrogen and oxygen atoms in total. The molecule has 1 heterocycles. The second-order valence-electron chi connectivity index (χ2n) is 6.89. The first kappa shape index (κ1) is 20.6. The normalized spacial score (nSPS) is 10.8. The molecule has 4 rings (SSSR count). The fraction of sp³-hybridized carbons (Fsp3) is 0.125. The van der Waals surface area contributed by atoms with Crippen molar-refractivity contribution in [1.82, 2.24) is 9.55 Å². The van der Waals surface area contributed by atoms with Crippen LogP contribution in [-0.2, 0) is 0 Å². The molecule has 0 aliphatic heterocycles. The zero-order valence-corrected chi connectivity index (χ0v) is 17.8. The second kappa shape index (κ2) is 8.62. The number of aryl methyl sites for hydroxylation is 1. The molecule has 156 valence electrons. The van der Waals surface area contributed by atoms with Crippen LogP contribution in [0.5, 0.6) is 5.75 Å². The van der Waals surface area contributed by atoms with Gasteiger partial charge in [-0.05, 0) is 68.4 Å². The van der Waals surface area contributed by atoms with E-state index in [9.17, 15) is 9.59 Å². The molecule has 1 N–H and O–H groups in total. The minimum absolute atomic E-state index is 0.186. The van der Waals surface area contributed by atoms with E-state index in [1.54, 1.807) is 67.6 Å². The van der Waals surface area contributed by atoms with Gasteiger partial charge in [0.05, 0.1) is 33.9 Å². The van der Waals surface area contributed by atoms with Crippen LogP contribution in [0.1, 0.15) is 23.1 Å². The molecule has 3 aromatic carbocycles. The van der Waals surface area contributed by atoms with Crippen molar-refractivity contribution in [3.8, 4) is 11.4 Å². The maximum absolute atomic E-state index is 13.1. The monoisotopic (exact) mass is 433 g/mol. The molecule has 1 amide bonds. The smallest absolute Gasteiger partial charge is 0.265 e. The highest BCUT2D eigenvalue weighted by atomic mass is 35.5. The molecule has 0 saturated heterocycles. The summed E-state index contributed by atoms with van der Waals surface area (Å²) in [6.07, 6.45) is 0. The van der Waals surface area contributed by atoms with E-state index in [0.29, 0.717) is 51.0 Å². The number of anilines is 1. The van der Waals surface area contributed by atoms with E-state index in [4.69, 9.17) is 16.3 Å². The summed E-state index contributed by atoms with van der Waals surface area (Å²) in [7, 11) is 0. The molecule has 0 spiro atoms. The number of fused-ring (bicyclic) bond motifs is 1. The summed E-state index contributed by atoms with van der Waals surface area (Å²) in [6.45, 7) is 4.21. The molecule has 0 fully saturated rings. The molecule has 4 aromatic rings. The Kier molecular flexibility index (Phi) is 5.73. The Balaban J connectivity index is 1.69. The van der Waals surface area contributed by atoms with Gasteiger partial charge in [-0.1, -0.05) is 23.7 Å². The average Bonchev–Trinajstić information content (AvgIpc) is 2.76. The Morgan fingerprint density at radius 1 is 1.10 bits per heavy atom. The van der Waals surface area contributed by atoms with Crippen molar-refractivity contribution in [3.63, 3.8) is 0 Å². The number of para-hydroxylation sites is 1. The number of aromatic nitrogens is 2. The summed E-state index contributed by atoms with van der Waals surface area (Å²) in [5.74, 6) is 0.912. The number of carbonyl (C=O) groups excluding carboxylic acids is 1. The highest BCUT2D eigenvalue weighted by Gasteiger charge is 2.13. The van der Waals surface area contributed by atoms with Crippen LogP contribution >= 0.6 is 11.6 Å². The van der Waals surface area contributed by atoms with Crippen molar-refractivity contribution >= 4 is 34.1 Å². The van der Waals surface area contributed by atoms with Crippen molar-refractivity contribution in [2.45, 2.75) is 13.8 Å². The zero-order valence-electron chi connectivity index (χ0n) is 17.1. The Labute approximate surface area is 184 Å². The summed E-state index contributed by atoms with van der Waals surface area (Å²) in [5, 5.41) is 3.70. The van der Waals surface area contributed by atoms with Gasteiger partial charge in [0.25, 0.3) is 11.5 Å². The van der Waals surface area contributed by atoms with Gasteiger partial charge in [-0.15, -0.1) is 0 Å². The minimum Gasteiger partial charge on any atom is -0.494 e. The van der Waals surface area contributed by atoms with E-state index in [0.717, 1.165) is 0 Å². The number of halogens is 1. The lowest BCUT2D eigenvalue weighted by atomic mass is 10.2. The van der Waals surface area contributed by atoms with Gasteiger partial charge in [-0.2, -0.15) is 0 Å². The Morgan fingerprint density at radius 2 is 1.84 bits per heavy atom. The van der Waals surface area contributed by atoms with Gasteiger partial charge >= 0.3 is 0 Å². The van der Waals surface area contributed by atoms with Crippen LogP contribution in [0.3, 0.4) is 0 Å². The maximum atomic E-state index is 13.1. The van der Waals surface area contributed by atoms with Gasteiger partial charge in [-0.25, -0.2) is 4.98 Å². The number of amides is 1. The molecular weight excluding hydrogens is 414 g/mol. The van der Waals surface area contributed by atoms with Gasteiger partial charge in [0.15, 0.2) is 0 Å². The zero-order chi connectivity index (χ0) is 22.0. The fourth-order valence-electron chi connectivity index (χ4n) is 3.36. The third-order valence-corrected chi connectivity index (χ3v) is 5.16. The van der Waals surface area contributed by atoms with E-state index in [2.05, 4.69) is 10.3 Å². The molecule has 0 atom stereocenters. The molecule has 0 aliphatic rings. The van der Waals surface area contributed by atoms with Crippen molar-refractivity contribution < 1.29 is 9.53 Å². The predicted octanol–water partition coefficient (Wildman–Crippen LogP) is 5.00. The van der Waals surface area contributed by atoms with Gasteiger partial charge < -0.3 is 10.1 Å². The maximum Gasteiger partial charge on any atom is 0.265 e.